The first kappa shape index (κ1) is 21.6. The number of benzene rings is 2. The molecule has 5 heteroatoms. The van der Waals surface area contributed by atoms with E-state index < -0.39 is 6.04 Å². The molecular formula is C23H30N2O3. The molecule has 0 aliphatic carbocycles. The summed E-state index contributed by atoms with van der Waals surface area (Å²) in [5.41, 5.74) is 2.13. The van der Waals surface area contributed by atoms with Crippen molar-refractivity contribution in [3.63, 3.8) is 0 Å². The van der Waals surface area contributed by atoms with Crippen LogP contribution in [-0.4, -0.2) is 43.0 Å². The molecule has 2 aromatic carbocycles. The molecule has 0 aromatic heterocycles. The van der Waals surface area contributed by atoms with Gasteiger partial charge in [-0.3, -0.25) is 9.59 Å². The zero-order valence-electron chi connectivity index (χ0n) is 16.8. The molecule has 0 bridgehead atoms. The van der Waals surface area contributed by atoms with Gasteiger partial charge in [0.2, 0.25) is 11.8 Å². The lowest BCUT2D eigenvalue weighted by Gasteiger charge is -2.29. The molecule has 0 saturated carbocycles. The Bertz CT molecular complexity index is 719. The van der Waals surface area contributed by atoms with Crippen molar-refractivity contribution >= 4 is 11.8 Å². The Labute approximate surface area is 167 Å². The average molecular weight is 383 g/mol. The van der Waals surface area contributed by atoms with Gasteiger partial charge in [-0.05, 0) is 30.9 Å². The first-order chi connectivity index (χ1) is 13.6. The van der Waals surface area contributed by atoms with Gasteiger partial charge in [0.15, 0.2) is 0 Å². The summed E-state index contributed by atoms with van der Waals surface area (Å²) in [4.78, 5) is 27.2. The first-order valence-corrected chi connectivity index (χ1v) is 9.75. The van der Waals surface area contributed by atoms with Crippen LogP contribution in [0.2, 0.25) is 0 Å². The number of carbonyl (C=O) groups excluding carboxylic acids is 2. The van der Waals surface area contributed by atoms with Gasteiger partial charge in [-0.15, -0.1) is 0 Å². The van der Waals surface area contributed by atoms with Crippen LogP contribution < -0.4 is 5.32 Å². The number of carbonyl (C=O) groups is 2. The van der Waals surface area contributed by atoms with Crippen LogP contribution in [0.15, 0.2) is 60.7 Å². The fourth-order valence-electron chi connectivity index (χ4n) is 2.98. The molecule has 0 spiro atoms. The number of methoxy groups -OCH3 is 1. The van der Waals surface area contributed by atoms with Crippen molar-refractivity contribution in [2.24, 2.45) is 0 Å². The van der Waals surface area contributed by atoms with Gasteiger partial charge in [0.25, 0.3) is 0 Å². The lowest BCUT2D eigenvalue weighted by molar-refractivity contribution is -0.140. The van der Waals surface area contributed by atoms with E-state index >= 15 is 0 Å². The van der Waals surface area contributed by atoms with E-state index in [2.05, 4.69) is 5.32 Å². The van der Waals surface area contributed by atoms with Crippen molar-refractivity contribution in [3.8, 4) is 0 Å². The van der Waals surface area contributed by atoms with E-state index in [0.717, 1.165) is 17.5 Å². The van der Waals surface area contributed by atoms with Gasteiger partial charge in [0.1, 0.15) is 6.04 Å². The zero-order chi connectivity index (χ0) is 20.2. The van der Waals surface area contributed by atoms with E-state index in [1.165, 1.54) is 0 Å². The van der Waals surface area contributed by atoms with Gasteiger partial charge in [0, 0.05) is 33.2 Å². The minimum Gasteiger partial charge on any atom is -0.385 e. The van der Waals surface area contributed by atoms with Crippen molar-refractivity contribution in [1.29, 1.82) is 0 Å². The smallest absolute Gasteiger partial charge is 0.242 e. The highest BCUT2D eigenvalue weighted by molar-refractivity contribution is 5.87. The number of rotatable bonds is 11. The fraction of sp³-hybridized carbons (Fsp3) is 0.391. The lowest BCUT2D eigenvalue weighted by atomic mass is 10.1. The Morgan fingerprint density at radius 3 is 2.21 bits per heavy atom. The maximum Gasteiger partial charge on any atom is 0.242 e. The van der Waals surface area contributed by atoms with Crippen LogP contribution in [0.5, 0.6) is 0 Å². The number of nitrogens with one attached hydrogen (secondary N) is 1. The molecule has 0 unspecified atom stereocenters. The van der Waals surface area contributed by atoms with Gasteiger partial charge in [0.05, 0.1) is 0 Å². The number of amides is 2. The van der Waals surface area contributed by atoms with Gasteiger partial charge >= 0.3 is 0 Å². The molecule has 1 N–H and O–H groups in total. The molecule has 0 aliphatic rings. The third kappa shape index (κ3) is 7.16. The van der Waals surface area contributed by atoms with Crippen molar-refractivity contribution in [2.75, 3.05) is 20.3 Å². The number of hydrogen-bond acceptors (Lipinski definition) is 3. The summed E-state index contributed by atoms with van der Waals surface area (Å²) < 4.78 is 5.01. The van der Waals surface area contributed by atoms with Crippen LogP contribution in [0.1, 0.15) is 30.9 Å². The topological polar surface area (TPSA) is 58.6 Å². The summed E-state index contributed by atoms with van der Waals surface area (Å²) in [6.45, 7) is 3.34. The van der Waals surface area contributed by atoms with Crippen molar-refractivity contribution in [2.45, 2.75) is 38.8 Å². The summed E-state index contributed by atoms with van der Waals surface area (Å²) in [7, 11) is 1.64. The Morgan fingerprint density at radius 2 is 1.61 bits per heavy atom. The molecule has 0 aliphatic heterocycles. The fourth-order valence-corrected chi connectivity index (χ4v) is 2.98. The highest BCUT2D eigenvalue weighted by Crippen LogP contribution is 2.13. The maximum atomic E-state index is 13.0. The Kier molecular flexibility index (Phi) is 9.22. The predicted octanol–water partition coefficient (Wildman–Crippen LogP) is 3.19. The third-order valence-electron chi connectivity index (χ3n) is 4.66. The maximum absolute atomic E-state index is 13.0. The highest BCUT2D eigenvalue weighted by atomic mass is 16.5. The molecule has 0 fully saturated rings. The second kappa shape index (κ2) is 11.9. The normalized spacial score (nSPS) is 11.6. The van der Waals surface area contributed by atoms with Gasteiger partial charge in [-0.1, -0.05) is 60.7 Å². The second-order valence-electron chi connectivity index (χ2n) is 6.81. The summed E-state index contributed by atoms with van der Waals surface area (Å²) in [6.07, 6.45) is 1.78. The largest absolute Gasteiger partial charge is 0.385 e. The van der Waals surface area contributed by atoms with Crippen LogP contribution in [0.4, 0.5) is 0 Å². The molecule has 2 aromatic rings. The lowest BCUT2D eigenvalue weighted by Crippen LogP contribution is -2.48. The van der Waals surface area contributed by atoms with E-state index in [1.54, 1.807) is 18.9 Å². The molecular weight excluding hydrogens is 352 g/mol. The number of hydrogen-bond donors (Lipinski definition) is 1. The molecule has 0 radical (unpaired) electrons. The molecule has 2 rings (SSSR count). The summed E-state index contributed by atoms with van der Waals surface area (Å²) >= 11 is 0. The molecule has 0 saturated heterocycles. The average Bonchev–Trinajstić information content (AvgIpc) is 2.74. The number of nitrogens with zero attached hydrogens (tertiary/aromatic N) is 1. The Hall–Kier alpha value is -2.66. The van der Waals surface area contributed by atoms with Crippen LogP contribution in [0.3, 0.4) is 0 Å². The van der Waals surface area contributed by atoms with E-state index in [1.807, 2.05) is 60.7 Å². The van der Waals surface area contributed by atoms with E-state index in [-0.39, 0.29) is 11.8 Å². The minimum atomic E-state index is -0.536. The summed E-state index contributed by atoms with van der Waals surface area (Å²) in [6, 6.07) is 19.2. The van der Waals surface area contributed by atoms with Gasteiger partial charge in [-0.25, -0.2) is 0 Å². The molecule has 0 heterocycles. The van der Waals surface area contributed by atoms with Crippen molar-refractivity contribution < 1.29 is 14.3 Å². The number of aryl methyl sites for hydroxylation is 1. The first-order valence-electron chi connectivity index (χ1n) is 9.75. The quantitative estimate of drug-likeness (QED) is 0.607. The number of ether oxygens (including phenoxy) is 1. The van der Waals surface area contributed by atoms with E-state index in [9.17, 15) is 9.59 Å². The summed E-state index contributed by atoms with van der Waals surface area (Å²) in [5.74, 6) is -0.160. The standard InChI is InChI=1S/C23H30N2O3/c1-19(23(27)24-16-9-17-28-2)25(18-21-12-7-4-8-13-21)22(26)15-14-20-10-5-3-6-11-20/h3-8,10-13,19H,9,14-18H2,1-2H3,(H,24,27)/t19-/m0/s1. The van der Waals surface area contributed by atoms with Crippen molar-refractivity contribution in [1.82, 2.24) is 10.2 Å². The second-order valence-corrected chi connectivity index (χ2v) is 6.81. The third-order valence-corrected chi connectivity index (χ3v) is 4.66. The predicted molar refractivity (Wildman–Crippen MR) is 111 cm³/mol. The molecule has 150 valence electrons. The minimum absolute atomic E-state index is 0.0211. The zero-order valence-corrected chi connectivity index (χ0v) is 16.8. The Morgan fingerprint density at radius 1 is 1.00 bits per heavy atom. The SMILES string of the molecule is COCCCNC(=O)[C@H](C)N(Cc1ccccc1)C(=O)CCc1ccccc1. The van der Waals surface area contributed by atoms with Gasteiger partial charge < -0.3 is 15.0 Å². The van der Waals surface area contributed by atoms with Crippen LogP contribution in [0.25, 0.3) is 0 Å². The van der Waals surface area contributed by atoms with Crippen LogP contribution in [0, 0.1) is 0 Å². The van der Waals surface area contributed by atoms with E-state index in [0.29, 0.717) is 32.5 Å². The molecule has 2 amide bonds. The molecule has 28 heavy (non-hydrogen) atoms. The van der Waals surface area contributed by atoms with Gasteiger partial charge in [-0.2, -0.15) is 0 Å². The Balaban J connectivity index is 2.02. The summed E-state index contributed by atoms with van der Waals surface area (Å²) in [5, 5.41) is 2.90. The highest BCUT2D eigenvalue weighted by Gasteiger charge is 2.25. The molecule has 5 nitrogen and oxygen atoms in total. The van der Waals surface area contributed by atoms with Crippen molar-refractivity contribution in [3.05, 3.63) is 71.8 Å². The van der Waals surface area contributed by atoms with Crippen LogP contribution >= 0.6 is 0 Å². The molecule has 1 atom stereocenters. The van der Waals surface area contributed by atoms with Crippen LogP contribution in [-0.2, 0) is 27.3 Å². The van der Waals surface area contributed by atoms with E-state index in [4.69, 9.17) is 4.74 Å². The monoisotopic (exact) mass is 382 g/mol.